The van der Waals surface area contributed by atoms with Gasteiger partial charge in [-0.25, -0.2) is 9.37 Å². The Kier molecular flexibility index (Phi) is 2.69. The van der Waals surface area contributed by atoms with E-state index in [9.17, 15) is 9.50 Å². The summed E-state index contributed by atoms with van der Waals surface area (Å²) in [6.45, 7) is 0. The number of benzene rings is 2. The Labute approximate surface area is 111 Å². The van der Waals surface area contributed by atoms with Crippen LogP contribution in [0.15, 0.2) is 36.4 Å². The molecule has 2 aromatic carbocycles. The summed E-state index contributed by atoms with van der Waals surface area (Å²) in [5.74, 6) is -0.597. The van der Waals surface area contributed by atoms with E-state index in [1.165, 1.54) is 29.5 Å². The van der Waals surface area contributed by atoms with Crippen LogP contribution in [0.1, 0.15) is 0 Å². The maximum Gasteiger partial charge on any atom is 0.137 e. The fraction of sp³-hybridized carbons (Fsp3) is 0. The van der Waals surface area contributed by atoms with E-state index < -0.39 is 5.82 Å². The van der Waals surface area contributed by atoms with Crippen LogP contribution in [0.25, 0.3) is 20.8 Å². The number of aromatic nitrogens is 1. The van der Waals surface area contributed by atoms with E-state index >= 15 is 0 Å². The molecule has 3 rings (SSSR count). The molecular weight excluding hydrogens is 273 g/mol. The van der Waals surface area contributed by atoms with Crippen LogP contribution in [0.2, 0.25) is 5.02 Å². The molecule has 1 heterocycles. The first kappa shape index (κ1) is 11.4. The lowest BCUT2D eigenvalue weighted by molar-refractivity contribution is 0.472. The normalized spacial score (nSPS) is 11.0. The first-order chi connectivity index (χ1) is 8.65. The number of hydrogen-bond donors (Lipinski definition) is 1. The van der Waals surface area contributed by atoms with E-state index in [0.717, 1.165) is 4.70 Å². The Bertz CT molecular complexity index is 721. The van der Waals surface area contributed by atoms with E-state index in [2.05, 4.69) is 4.98 Å². The second kappa shape index (κ2) is 4.23. The first-order valence-corrected chi connectivity index (χ1v) is 6.38. The van der Waals surface area contributed by atoms with Gasteiger partial charge in [-0.1, -0.05) is 17.7 Å². The van der Waals surface area contributed by atoms with Crippen molar-refractivity contribution in [3.05, 3.63) is 47.2 Å². The molecule has 0 spiro atoms. The Hall–Kier alpha value is -1.65. The molecule has 0 aliphatic rings. The number of fused-ring (bicyclic) bond motifs is 1. The van der Waals surface area contributed by atoms with Crippen LogP contribution in [-0.4, -0.2) is 10.1 Å². The maximum absolute atomic E-state index is 13.7. The number of phenols is 1. The van der Waals surface area contributed by atoms with E-state index in [0.29, 0.717) is 15.5 Å². The predicted octanol–water partition coefficient (Wildman–Crippen LogP) is 4.46. The molecule has 3 aromatic rings. The molecule has 1 N–H and O–H groups in total. The van der Waals surface area contributed by atoms with Gasteiger partial charge >= 0.3 is 0 Å². The zero-order chi connectivity index (χ0) is 12.7. The lowest BCUT2D eigenvalue weighted by Crippen LogP contribution is -1.83. The summed E-state index contributed by atoms with van der Waals surface area (Å²) in [6.07, 6.45) is 0. The first-order valence-electron chi connectivity index (χ1n) is 5.19. The van der Waals surface area contributed by atoms with Gasteiger partial charge in [-0.05, 0) is 30.3 Å². The quantitative estimate of drug-likeness (QED) is 0.713. The molecule has 90 valence electrons. The molecule has 0 aliphatic heterocycles. The van der Waals surface area contributed by atoms with Gasteiger partial charge in [0, 0.05) is 5.02 Å². The third-order valence-corrected chi connectivity index (χ3v) is 3.84. The van der Waals surface area contributed by atoms with Gasteiger partial charge in [-0.2, -0.15) is 0 Å². The highest BCUT2D eigenvalue weighted by molar-refractivity contribution is 7.21. The SMILES string of the molecule is Oc1cccc(F)c1-c1nc2cc(Cl)ccc2s1. The molecule has 0 unspecified atom stereocenters. The zero-order valence-electron chi connectivity index (χ0n) is 9.02. The molecular formula is C13H7ClFNOS. The fourth-order valence-electron chi connectivity index (χ4n) is 1.73. The van der Waals surface area contributed by atoms with Gasteiger partial charge in [0.15, 0.2) is 0 Å². The Morgan fingerprint density at radius 1 is 1.22 bits per heavy atom. The molecule has 0 saturated carbocycles. The lowest BCUT2D eigenvalue weighted by Gasteiger charge is -2.01. The van der Waals surface area contributed by atoms with Crippen LogP contribution in [0.4, 0.5) is 4.39 Å². The van der Waals surface area contributed by atoms with Crippen LogP contribution < -0.4 is 0 Å². The summed E-state index contributed by atoms with van der Waals surface area (Å²) in [4.78, 5) is 4.30. The Morgan fingerprint density at radius 3 is 2.83 bits per heavy atom. The van der Waals surface area contributed by atoms with E-state index in [1.807, 2.05) is 6.07 Å². The molecule has 0 atom stereocenters. The van der Waals surface area contributed by atoms with Gasteiger partial charge in [0.1, 0.15) is 16.6 Å². The molecule has 0 amide bonds. The van der Waals surface area contributed by atoms with Crippen molar-refractivity contribution < 1.29 is 9.50 Å². The number of thiazole rings is 1. The standard InChI is InChI=1S/C13H7ClFNOS/c14-7-4-5-11-9(6-7)16-13(18-11)12-8(15)2-1-3-10(12)17/h1-6,17H. The van der Waals surface area contributed by atoms with E-state index in [1.54, 1.807) is 12.1 Å². The second-order valence-electron chi connectivity index (χ2n) is 3.77. The van der Waals surface area contributed by atoms with Crippen molar-refractivity contribution in [3.63, 3.8) is 0 Å². The number of aromatic hydroxyl groups is 1. The molecule has 18 heavy (non-hydrogen) atoms. The van der Waals surface area contributed by atoms with Crippen LogP contribution >= 0.6 is 22.9 Å². The third-order valence-electron chi connectivity index (χ3n) is 2.56. The molecule has 2 nitrogen and oxygen atoms in total. The van der Waals surface area contributed by atoms with Crippen LogP contribution in [0.5, 0.6) is 5.75 Å². The van der Waals surface area contributed by atoms with Crippen LogP contribution in [-0.2, 0) is 0 Å². The number of rotatable bonds is 1. The van der Waals surface area contributed by atoms with Crippen LogP contribution in [0, 0.1) is 5.82 Å². The highest BCUT2D eigenvalue weighted by Gasteiger charge is 2.14. The fourth-order valence-corrected chi connectivity index (χ4v) is 2.90. The molecule has 0 bridgehead atoms. The monoisotopic (exact) mass is 279 g/mol. The molecule has 1 aromatic heterocycles. The predicted molar refractivity (Wildman–Crippen MR) is 71.7 cm³/mol. The highest BCUT2D eigenvalue weighted by Crippen LogP contribution is 2.37. The van der Waals surface area contributed by atoms with Crippen molar-refractivity contribution in [2.24, 2.45) is 0 Å². The van der Waals surface area contributed by atoms with Crippen molar-refractivity contribution in [1.82, 2.24) is 4.98 Å². The summed E-state index contributed by atoms with van der Waals surface area (Å²) in [7, 11) is 0. The molecule has 0 fully saturated rings. The highest BCUT2D eigenvalue weighted by atomic mass is 35.5. The number of phenolic OH excluding ortho intramolecular Hbond substituents is 1. The minimum atomic E-state index is -0.486. The number of hydrogen-bond acceptors (Lipinski definition) is 3. The molecule has 0 radical (unpaired) electrons. The smallest absolute Gasteiger partial charge is 0.137 e. The van der Waals surface area contributed by atoms with Gasteiger partial charge in [-0.15, -0.1) is 11.3 Å². The van der Waals surface area contributed by atoms with Crippen molar-refractivity contribution >= 4 is 33.2 Å². The summed E-state index contributed by atoms with van der Waals surface area (Å²) in [6, 6.07) is 9.50. The number of nitrogens with zero attached hydrogens (tertiary/aromatic N) is 1. The molecule has 0 aliphatic carbocycles. The second-order valence-corrected chi connectivity index (χ2v) is 5.23. The van der Waals surface area contributed by atoms with Gasteiger partial charge in [0.2, 0.25) is 0 Å². The number of halogens is 2. The summed E-state index contributed by atoms with van der Waals surface area (Å²) >= 11 is 7.20. The average molecular weight is 280 g/mol. The van der Waals surface area contributed by atoms with E-state index in [4.69, 9.17) is 11.6 Å². The molecule has 0 saturated heterocycles. The maximum atomic E-state index is 13.7. The van der Waals surface area contributed by atoms with Crippen LogP contribution in [0.3, 0.4) is 0 Å². The zero-order valence-corrected chi connectivity index (χ0v) is 10.6. The summed E-state index contributed by atoms with van der Waals surface area (Å²) in [5, 5.41) is 10.8. The lowest BCUT2D eigenvalue weighted by atomic mass is 10.2. The largest absolute Gasteiger partial charge is 0.507 e. The van der Waals surface area contributed by atoms with Crippen molar-refractivity contribution in [1.29, 1.82) is 0 Å². The minimum Gasteiger partial charge on any atom is -0.507 e. The Morgan fingerprint density at radius 2 is 2.06 bits per heavy atom. The topological polar surface area (TPSA) is 33.1 Å². The van der Waals surface area contributed by atoms with Gasteiger partial charge in [-0.3, -0.25) is 0 Å². The van der Waals surface area contributed by atoms with Gasteiger partial charge in [0.05, 0.1) is 15.8 Å². The Balaban J connectivity index is 2.26. The average Bonchev–Trinajstić information content (AvgIpc) is 2.71. The molecule has 5 heteroatoms. The van der Waals surface area contributed by atoms with Crippen molar-refractivity contribution in [2.75, 3.05) is 0 Å². The minimum absolute atomic E-state index is 0.111. The third kappa shape index (κ3) is 1.83. The van der Waals surface area contributed by atoms with Crippen molar-refractivity contribution in [2.45, 2.75) is 0 Å². The summed E-state index contributed by atoms with van der Waals surface area (Å²) < 4.78 is 14.6. The van der Waals surface area contributed by atoms with Crippen molar-refractivity contribution in [3.8, 4) is 16.3 Å². The van der Waals surface area contributed by atoms with E-state index in [-0.39, 0.29) is 11.3 Å². The summed E-state index contributed by atoms with van der Waals surface area (Å²) in [5.41, 5.74) is 0.833. The van der Waals surface area contributed by atoms with Gasteiger partial charge in [0.25, 0.3) is 0 Å². The van der Waals surface area contributed by atoms with Gasteiger partial charge < -0.3 is 5.11 Å².